The van der Waals surface area contributed by atoms with Crippen LogP contribution in [0, 0.1) is 5.92 Å². The summed E-state index contributed by atoms with van der Waals surface area (Å²) in [6.45, 7) is 2.41. The Bertz CT molecular complexity index is 905. The first-order chi connectivity index (χ1) is 13.5. The number of hydrogen-bond acceptors (Lipinski definition) is 5. The van der Waals surface area contributed by atoms with E-state index in [1.807, 2.05) is 37.3 Å². The second-order valence-corrected chi connectivity index (χ2v) is 7.96. The van der Waals surface area contributed by atoms with E-state index in [-0.39, 0.29) is 17.6 Å². The van der Waals surface area contributed by atoms with E-state index in [9.17, 15) is 14.7 Å². The zero-order chi connectivity index (χ0) is 19.8. The average molecular weight is 445 g/mol. The van der Waals surface area contributed by atoms with Gasteiger partial charge in [-0.1, -0.05) is 47.5 Å². The zero-order valence-electron chi connectivity index (χ0n) is 15.4. The number of unbranched alkanes of at least 4 members (excludes halogenated alkanes) is 1. The number of nitrogens with zero attached hydrogens (tertiary/aromatic N) is 2. The highest BCUT2D eigenvalue weighted by molar-refractivity contribution is 9.10. The van der Waals surface area contributed by atoms with Gasteiger partial charge in [-0.25, -0.2) is 5.06 Å². The Morgan fingerprint density at radius 2 is 1.86 bits per heavy atom. The average Bonchev–Trinajstić information content (AvgIpc) is 3.20. The molecule has 3 atom stereocenters. The maximum absolute atomic E-state index is 13.2. The molecule has 2 saturated heterocycles. The first-order valence-corrected chi connectivity index (χ1v) is 10.2. The Morgan fingerprint density at radius 1 is 1.11 bits per heavy atom. The van der Waals surface area contributed by atoms with Crippen LogP contribution in [0.1, 0.15) is 31.4 Å². The Balaban J connectivity index is 1.79. The summed E-state index contributed by atoms with van der Waals surface area (Å²) < 4.78 is 0.774. The molecule has 2 amide bonds. The van der Waals surface area contributed by atoms with Crippen LogP contribution in [0.4, 0.5) is 5.69 Å². The van der Waals surface area contributed by atoms with E-state index >= 15 is 0 Å². The van der Waals surface area contributed by atoms with Gasteiger partial charge in [0.05, 0.1) is 11.7 Å². The van der Waals surface area contributed by atoms with Crippen LogP contribution in [0.2, 0.25) is 0 Å². The van der Waals surface area contributed by atoms with Crippen molar-refractivity contribution in [2.45, 2.75) is 31.9 Å². The lowest BCUT2D eigenvalue weighted by Crippen LogP contribution is -2.37. The summed E-state index contributed by atoms with van der Waals surface area (Å²) in [5.74, 6) is -1.19. The van der Waals surface area contributed by atoms with Gasteiger partial charge in [-0.05, 0) is 36.8 Å². The number of carbonyl (C=O) groups is 2. The van der Waals surface area contributed by atoms with Gasteiger partial charge in [0.25, 0.3) is 5.91 Å². The molecule has 2 fully saturated rings. The molecule has 6 nitrogen and oxygen atoms in total. The summed E-state index contributed by atoms with van der Waals surface area (Å²) in [4.78, 5) is 33.4. The number of hydrogen-bond donors (Lipinski definition) is 1. The minimum Gasteiger partial charge on any atom is -0.508 e. The second-order valence-electron chi connectivity index (χ2n) is 7.04. The van der Waals surface area contributed by atoms with Gasteiger partial charge in [-0.2, -0.15) is 0 Å². The lowest BCUT2D eigenvalue weighted by Gasteiger charge is -2.29. The standard InChI is InChI=1S/C21H21BrN2O4/c1-2-3-11-23-20(26)17-18(15-12-13(22)9-10-16(15)25)24(28-19(17)21(23)27)14-7-5-4-6-8-14/h4-10,12,17-19,25H,2-3,11H2,1H3. The number of aromatic hydroxyl groups is 1. The summed E-state index contributed by atoms with van der Waals surface area (Å²) in [5.41, 5.74) is 1.27. The quantitative estimate of drug-likeness (QED) is 0.710. The number of phenolic OH excluding ortho intramolecular Hbond substituents is 1. The summed E-state index contributed by atoms with van der Waals surface area (Å²) in [6, 6.07) is 13.8. The Hall–Kier alpha value is -2.38. The number of imide groups is 1. The van der Waals surface area contributed by atoms with Gasteiger partial charge in [-0.3, -0.25) is 19.3 Å². The summed E-state index contributed by atoms with van der Waals surface area (Å²) in [5, 5.41) is 12.1. The number of benzene rings is 2. The van der Waals surface area contributed by atoms with E-state index in [1.165, 1.54) is 4.90 Å². The number of para-hydroxylation sites is 1. The highest BCUT2D eigenvalue weighted by Gasteiger charge is 2.60. The highest BCUT2D eigenvalue weighted by atomic mass is 79.9. The normalized spacial score (nSPS) is 24.1. The molecule has 2 heterocycles. The number of halogens is 1. The lowest BCUT2D eigenvalue weighted by molar-refractivity contribution is -0.143. The van der Waals surface area contributed by atoms with E-state index in [4.69, 9.17) is 4.84 Å². The third-order valence-corrected chi connectivity index (χ3v) is 5.75. The van der Waals surface area contributed by atoms with E-state index in [0.29, 0.717) is 12.1 Å². The minimum absolute atomic E-state index is 0.0608. The molecule has 28 heavy (non-hydrogen) atoms. The third-order valence-electron chi connectivity index (χ3n) is 5.26. The van der Waals surface area contributed by atoms with E-state index in [0.717, 1.165) is 23.0 Å². The Kier molecular flexibility index (Phi) is 5.12. The number of rotatable bonds is 5. The molecule has 4 rings (SSSR count). The van der Waals surface area contributed by atoms with Crippen molar-refractivity contribution in [3.8, 4) is 5.75 Å². The zero-order valence-corrected chi connectivity index (χ0v) is 17.0. The molecule has 0 radical (unpaired) electrons. The first kappa shape index (κ1) is 19.0. The van der Waals surface area contributed by atoms with E-state index < -0.39 is 18.1 Å². The van der Waals surface area contributed by atoms with Crippen molar-refractivity contribution in [3.63, 3.8) is 0 Å². The fourth-order valence-corrected chi connectivity index (χ4v) is 4.26. The van der Waals surface area contributed by atoms with Crippen LogP contribution in [0.15, 0.2) is 53.0 Å². The van der Waals surface area contributed by atoms with E-state index in [2.05, 4.69) is 15.9 Å². The molecular formula is C21H21BrN2O4. The molecule has 3 unspecified atom stereocenters. The second kappa shape index (κ2) is 7.56. The Morgan fingerprint density at radius 3 is 2.57 bits per heavy atom. The molecule has 0 spiro atoms. The monoisotopic (exact) mass is 444 g/mol. The molecule has 2 aliphatic rings. The maximum atomic E-state index is 13.2. The van der Waals surface area contributed by atoms with Gasteiger partial charge in [0, 0.05) is 16.6 Å². The first-order valence-electron chi connectivity index (χ1n) is 9.37. The predicted octanol–water partition coefficient (Wildman–Crippen LogP) is 3.80. The van der Waals surface area contributed by atoms with Crippen molar-refractivity contribution in [2.75, 3.05) is 11.6 Å². The topological polar surface area (TPSA) is 70.1 Å². The van der Waals surface area contributed by atoms with Crippen molar-refractivity contribution < 1.29 is 19.5 Å². The van der Waals surface area contributed by atoms with Gasteiger partial charge in [0.2, 0.25) is 5.91 Å². The number of amides is 2. The van der Waals surface area contributed by atoms with Crippen molar-refractivity contribution in [1.29, 1.82) is 0 Å². The fourth-order valence-electron chi connectivity index (χ4n) is 3.89. The van der Waals surface area contributed by atoms with Crippen molar-refractivity contribution in [3.05, 3.63) is 58.6 Å². The van der Waals surface area contributed by atoms with Gasteiger partial charge in [0.1, 0.15) is 11.7 Å². The van der Waals surface area contributed by atoms with Crippen LogP contribution in [0.3, 0.4) is 0 Å². The lowest BCUT2D eigenvalue weighted by atomic mass is 9.90. The number of fused-ring (bicyclic) bond motifs is 1. The van der Waals surface area contributed by atoms with Crippen molar-refractivity contribution in [2.24, 2.45) is 5.92 Å². The van der Waals surface area contributed by atoms with Crippen LogP contribution in [-0.2, 0) is 14.4 Å². The molecule has 1 N–H and O–H groups in total. The SMILES string of the molecule is CCCCN1C(=O)C2ON(c3ccccc3)C(c3cc(Br)ccc3O)C2C1=O. The molecule has 146 valence electrons. The molecule has 2 aliphatic heterocycles. The van der Waals surface area contributed by atoms with Crippen LogP contribution < -0.4 is 5.06 Å². The number of anilines is 1. The van der Waals surface area contributed by atoms with Crippen LogP contribution in [0.5, 0.6) is 5.75 Å². The summed E-state index contributed by atoms with van der Waals surface area (Å²) >= 11 is 3.43. The molecule has 0 saturated carbocycles. The van der Waals surface area contributed by atoms with Crippen LogP contribution in [-0.4, -0.2) is 34.5 Å². The molecule has 0 bridgehead atoms. The number of hydroxylamine groups is 1. The predicted molar refractivity (Wildman–Crippen MR) is 107 cm³/mol. The summed E-state index contributed by atoms with van der Waals surface area (Å²) in [6.07, 6.45) is 0.763. The molecule has 2 aromatic carbocycles. The van der Waals surface area contributed by atoms with Gasteiger partial charge in [0.15, 0.2) is 6.10 Å². The van der Waals surface area contributed by atoms with E-state index in [1.54, 1.807) is 23.3 Å². The largest absolute Gasteiger partial charge is 0.508 e. The van der Waals surface area contributed by atoms with Crippen molar-refractivity contribution >= 4 is 33.4 Å². The number of phenols is 1. The third kappa shape index (κ3) is 3.08. The summed E-state index contributed by atoms with van der Waals surface area (Å²) in [7, 11) is 0. The van der Waals surface area contributed by atoms with Crippen LogP contribution >= 0.6 is 15.9 Å². The smallest absolute Gasteiger partial charge is 0.261 e. The van der Waals surface area contributed by atoms with Gasteiger partial charge in [-0.15, -0.1) is 0 Å². The Labute approximate surface area is 171 Å². The van der Waals surface area contributed by atoms with Gasteiger partial charge >= 0.3 is 0 Å². The maximum Gasteiger partial charge on any atom is 0.261 e. The molecule has 0 aromatic heterocycles. The number of carbonyl (C=O) groups excluding carboxylic acids is 2. The molecule has 7 heteroatoms. The van der Waals surface area contributed by atoms with Gasteiger partial charge < -0.3 is 5.11 Å². The van der Waals surface area contributed by atoms with Crippen LogP contribution in [0.25, 0.3) is 0 Å². The molecular weight excluding hydrogens is 424 g/mol. The highest BCUT2D eigenvalue weighted by Crippen LogP contribution is 2.49. The molecule has 2 aromatic rings. The molecule has 0 aliphatic carbocycles. The number of likely N-dealkylation sites (tertiary alicyclic amines) is 1. The fraction of sp³-hybridized carbons (Fsp3) is 0.333. The minimum atomic E-state index is -0.882. The van der Waals surface area contributed by atoms with Crippen molar-refractivity contribution in [1.82, 2.24) is 4.90 Å².